The lowest BCUT2D eigenvalue weighted by molar-refractivity contribution is 0.112. The van der Waals surface area contributed by atoms with Crippen LogP contribution < -0.4 is 11.3 Å². The number of anilines is 1. The molecule has 2 aromatic carbocycles. The van der Waals surface area contributed by atoms with E-state index in [1.54, 1.807) is 18.2 Å². The van der Waals surface area contributed by atoms with E-state index in [2.05, 4.69) is 5.43 Å². The summed E-state index contributed by atoms with van der Waals surface area (Å²) in [5.41, 5.74) is 3.64. The van der Waals surface area contributed by atoms with Crippen molar-refractivity contribution < 1.29 is 22.9 Å². The van der Waals surface area contributed by atoms with Gasteiger partial charge in [0.2, 0.25) is 0 Å². The third-order valence-electron chi connectivity index (χ3n) is 2.39. The number of nitrogens with one attached hydrogen (secondary N) is 1. The summed E-state index contributed by atoms with van der Waals surface area (Å²) < 4.78 is 29.4. The predicted octanol–water partition coefficient (Wildman–Crippen LogP) is 1.42. The first kappa shape index (κ1) is 16.6. The fourth-order valence-electron chi connectivity index (χ4n) is 1.41. The number of aldehydes is 1. The molecule has 0 aliphatic rings. The molecular formula is C13H14N2O5S. The van der Waals surface area contributed by atoms with Crippen molar-refractivity contribution in [3.63, 3.8) is 0 Å². The summed E-state index contributed by atoms with van der Waals surface area (Å²) in [5, 5.41) is 8.91. The molecule has 2 aromatic rings. The number of carbonyl (C=O) groups is 1. The van der Waals surface area contributed by atoms with Crippen molar-refractivity contribution in [2.24, 2.45) is 5.84 Å². The molecule has 0 radical (unpaired) electrons. The van der Waals surface area contributed by atoms with E-state index in [1.807, 2.05) is 6.07 Å². The quantitative estimate of drug-likeness (QED) is 0.292. The molecule has 7 nitrogen and oxygen atoms in total. The van der Waals surface area contributed by atoms with Gasteiger partial charge in [-0.2, -0.15) is 8.42 Å². The van der Waals surface area contributed by atoms with Gasteiger partial charge in [-0.15, -0.1) is 0 Å². The number of phenols is 1. The Morgan fingerprint density at radius 1 is 1.05 bits per heavy atom. The molecule has 21 heavy (non-hydrogen) atoms. The third-order valence-corrected chi connectivity index (χ3v) is 3.29. The van der Waals surface area contributed by atoms with Crippen molar-refractivity contribution in [1.29, 1.82) is 0 Å². The Hall–Kier alpha value is -2.42. The molecular weight excluding hydrogens is 296 g/mol. The van der Waals surface area contributed by atoms with Crippen molar-refractivity contribution in [3.8, 4) is 5.75 Å². The first-order chi connectivity index (χ1) is 9.90. The van der Waals surface area contributed by atoms with E-state index in [9.17, 15) is 13.2 Å². The molecule has 8 heteroatoms. The number of carbonyl (C=O) groups excluding carboxylic acids is 1. The predicted molar refractivity (Wildman–Crippen MR) is 77.6 cm³/mol. The average Bonchev–Trinajstić information content (AvgIpc) is 2.47. The molecule has 112 valence electrons. The molecule has 0 unspecified atom stereocenters. The summed E-state index contributed by atoms with van der Waals surface area (Å²) >= 11 is 0. The number of rotatable bonds is 3. The molecule has 0 spiro atoms. The van der Waals surface area contributed by atoms with Crippen molar-refractivity contribution in [2.75, 3.05) is 5.43 Å². The van der Waals surface area contributed by atoms with Crippen LogP contribution in [0.1, 0.15) is 10.4 Å². The van der Waals surface area contributed by atoms with Gasteiger partial charge in [0.1, 0.15) is 10.6 Å². The summed E-state index contributed by atoms with van der Waals surface area (Å²) in [6, 6.07) is 12.2. The molecule has 0 bridgehead atoms. The standard InChI is InChI=1S/C7H8N2O.C6H6O4S/c8-9-7-4-2-1-3-6(7)5-10;7-5-3-1-2-4-6(5)11(8,9)10/h1-5,9H,8H2;1-4,7H,(H,8,9,10). The highest BCUT2D eigenvalue weighted by molar-refractivity contribution is 7.86. The van der Waals surface area contributed by atoms with Gasteiger partial charge in [-0.25, -0.2) is 0 Å². The summed E-state index contributed by atoms with van der Waals surface area (Å²) in [4.78, 5) is 9.82. The highest BCUT2D eigenvalue weighted by Crippen LogP contribution is 2.20. The monoisotopic (exact) mass is 310 g/mol. The molecule has 0 aromatic heterocycles. The molecule has 5 N–H and O–H groups in total. The Morgan fingerprint density at radius 3 is 2.05 bits per heavy atom. The number of hydrogen-bond donors (Lipinski definition) is 4. The normalized spacial score (nSPS) is 10.2. The molecule has 2 rings (SSSR count). The smallest absolute Gasteiger partial charge is 0.298 e. The number of para-hydroxylation sites is 2. The van der Waals surface area contributed by atoms with Gasteiger partial charge in [-0.1, -0.05) is 24.3 Å². The maximum absolute atomic E-state index is 10.4. The van der Waals surface area contributed by atoms with Crippen molar-refractivity contribution >= 4 is 22.1 Å². The Kier molecular flexibility index (Phi) is 5.85. The minimum Gasteiger partial charge on any atom is -0.506 e. The van der Waals surface area contributed by atoms with Gasteiger partial charge < -0.3 is 10.5 Å². The number of phenolic OH excluding ortho intramolecular Hbond substituents is 1. The fraction of sp³-hybridized carbons (Fsp3) is 0. The fourth-order valence-corrected chi connectivity index (χ4v) is 1.99. The minimum absolute atomic E-state index is 0.449. The second-order valence-electron chi connectivity index (χ2n) is 3.79. The molecule has 0 aliphatic carbocycles. The van der Waals surface area contributed by atoms with E-state index in [0.29, 0.717) is 11.3 Å². The van der Waals surface area contributed by atoms with Crippen molar-refractivity contribution in [1.82, 2.24) is 0 Å². The maximum Gasteiger partial charge on any atom is 0.298 e. The summed E-state index contributed by atoms with van der Waals surface area (Å²) in [6.07, 6.45) is 0.759. The number of hydrazine groups is 1. The average molecular weight is 310 g/mol. The number of nitrogen functional groups attached to an aromatic ring is 1. The van der Waals surface area contributed by atoms with Gasteiger partial charge in [0, 0.05) is 5.56 Å². The number of aromatic hydroxyl groups is 1. The van der Waals surface area contributed by atoms with Crippen LogP contribution in [-0.2, 0) is 10.1 Å². The summed E-state index contributed by atoms with van der Waals surface area (Å²) in [7, 11) is -4.28. The Labute approximate surface area is 121 Å². The lowest BCUT2D eigenvalue weighted by Gasteiger charge is -2.00. The molecule has 0 atom stereocenters. The van der Waals surface area contributed by atoms with Crippen LogP contribution in [0.25, 0.3) is 0 Å². The van der Waals surface area contributed by atoms with Crippen LogP contribution in [-0.4, -0.2) is 24.4 Å². The zero-order valence-electron chi connectivity index (χ0n) is 10.8. The van der Waals surface area contributed by atoms with E-state index in [-0.39, 0.29) is 0 Å². The largest absolute Gasteiger partial charge is 0.506 e. The molecule has 0 aliphatic heterocycles. The molecule has 0 saturated carbocycles. The lowest BCUT2D eigenvalue weighted by atomic mass is 10.2. The highest BCUT2D eigenvalue weighted by atomic mass is 32.2. The second kappa shape index (κ2) is 7.39. The van der Waals surface area contributed by atoms with Crippen LogP contribution in [0.15, 0.2) is 53.4 Å². The molecule has 0 amide bonds. The third kappa shape index (κ3) is 4.88. The van der Waals surface area contributed by atoms with Crippen LogP contribution in [0.3, 0.4) is 0 Å². The number of nitrogens with two attached hydrogens (primary N) is 1. The maximum atomic E-state index is 10.4. The zero-order chi connectivity index (χ0) is 15.9. The first-order valence-electron chi connectivity index (χ1n) is 5.66. The van der Waals surface area contributed by atoms with Crippen LogP contribution in [0.2, 0.25) is 0 Å². The Morgan fingerprint density at radius 2 is 1.62 bits per heavy atom. The van der Waals surface area contributed by atoms with Gasteiger partial charge in [-0.05, 0) is 24.3 Å². The zero-order valence-corrected chi connectivity index (χ0v) is 11.6. The topological polar surface area (TPSA) is 130 Å². The highest BCUT2D eigenvalue weighted by Gasteiger charge is 2.12. The Balaban J connectivity index is 0.000000211. The lowest BCUT2D eigenvalue weighted by Crippen LogP contribution is -2.08. The first-order valence-corrected chi connectivity index (χ1v) is 7.10. The van der Waals surface area contributed by atoms with Crippen LogP contribution >= 0.6 is 0 Å². The van der Waals surface area contributed by atoms with Gasteiger partial charge >= 0.3 is 0 Å². The SMILES string of the molecule is NNc1ccccc1C=O.O=S(=O)(O)c1ccccc1O. The molecule has 0 heterocycles. The minimum atomic E-state index is -4.28. The van der Waals surface area contributed by atoms with Crippen LogP contribution in [0, 0.1) is 0 Å². The van der Waals surface area contributed by atoms with Gasteiger partial charge in [0.15, 0.2) is 6.29 Å². The van der Waals surface area contributed by atoms with E-state index < -0.39 is 20.8 Å². The molecule has 0 saturated heterocycles. The van der Waals surface area contributed by atoms with E-state index in [4.69, 9.17) is 15.5 Å². The summed E-state index contributed by atoms with van der Waals surface area (Å²) in [6.45, 7) is 0. The van der Waals surface area contributed by atoms with Gasteiger partial charge in [0.05, 0.1) is 5.69 Å². The summed E-state index contributed by atoms with van der Waals surface area (Å²) in [5.74, 6) is 4.67. The van der Waals surface area contributed by atoms with Gasteiger partial charge in [0.25, 0.3) is 10.1 Å². The van der Waals surface area contributed by atoms with E-state index in [1.165, 1.54) is 18.2 Å². The molecule has 0 fully saturated rings. The van der Waals surface area contributed by atoms with Gasteiger partial charge in [-0.3, -0.25) is 15.2 Å². The Bertz CT molecular complexity index is 716. The number of hydrogen-bond acceptors (Lipinski definition) is 6. The van der Waals surface area contributed by atoms with Crippen molar-refractivity contribution in [3.05, 3.63) is 54.1 Å². The van der Waals surface area contributed by atoms with Crippen molar-refractivity contribution in [2.45, 2.75) is 4.90 Å². The van der Waals surface area contributed by atoms with E-state index >= 15 is 0 Å². The van der Waals surface area contributed by atoms with E-state index in [0.717, 1.165) is 12.4 Å². The van der Waals surface area contributed by atoms with Crippen LogP contribution in [0.5, 0.6) is 5.75 Å². The second-order valence-corrected chi connectivity index (χ2v) is 5.18. The number of benzene rings is 2. The van der Waals surface area contributed by atoms with Crippen LogP contribution in [0.4, 0.5) is 5.69 Å².